The number of aromatic nitrogens is 2. The Morgan fingerprint density at radius 3 is 2.81 bits per heavy atom. The summed E-state index contributed by atoms with van der Waals surface area (Å²) in [5, 5.41) is 17.6. The molecule has 0 atom stereocenters. The van der Waals surface area contributed by atoms with E-state index in [1.807, 2.05) is 30.3 Å². The molecule has 0 fully saturated rings. The van der Waals surface area contributed by atoms with Gasteiger partial charge in [-0.05, 0) is 35.7 Å². The molecule has 0 spiro atoms. The van der Waals surface area contributed by atoms with Gasteiger partial charge in [0.25, 0.3) is 5.91 Å². The molecule has 7 heteroatoms. The van der Waals surface area contributed by atoms with E-state index in [1.165, 1.54) is 12.4 Å². The monoisotopic (exact) mass is 363 g/mol. The van der Waals surface area contributed by atoms with Crippen molar-refractivity contribution >= 4 is 24.0 Å². The molecule has 1 amide bonds. The van der Waals surface area contributed by atoms with Crippen molar-refractivity contribution in [1.29, 1.82) is 10.8 Å². The fourth-order valence-corrected chi connectivity index (χ4v) is 2.80. The number of nitrogens with one attached hydrogen (secondary N) is 3. The number of imidazole rings is 1. The van der Waals surface area contributed by atoms with Crippen LogP contribution in [0.3, 0.4) is 0 Å². The molecule has 27 heavy (non-hydrogen) atoms. The number of nitrogens with zero attached hydrogens (tertiary/aromatic N) is 2. The van der Waals surface area contributed by atoms with Crippen molar-refractivity contribution in [2.75, 3.05) is 13.7 Å². The predicted octanol–water partition coefficient (Wildman–Crippen LogP) is 2.70. The summed E-state index contributed by atoms with van der Waals surface area (Å²) in [5.74, 6) is 0.180. The number of methoxy groups -OCH3 is 1. The van der Waals surface area contributed by atoms with E-state index in [-0.39, 0.29) is 11.8 Å². The lowest BCUT2D eigenvalue weighted by Crippen LogP contribution is -2.25. The Kier molecular flexibility index (Phi) is 5.61. The van der Waals surface area contributed by atoms with Crippen molar-refractivity contribution in [3.05, 3.63) is 65.6 Å². The number of fused-ring (bicyclic) bond motifs is 1. The number of carbonyl (C=O) groups is 1. The maximum Gasteiger partial charge on any atom is 0.271 e. The molecule has 7 nitrogen and oxygen atoms in total. The maximum atomic E-state index is 12.4. The molecule has 138 valence electrons. The Bertz CT molecular complexity index is 971. The van der Waals surface area contributed by atoms with Crippen LogP contribution in [0.5, 0.6) is 5.75 Å². The average molecular weight is 363 g/mol. The fourth-order valence-electron chi connectivity index (χ4n) is 2.80. The zero-order valence-electron chi connectivity index (χ0n) is 15.0. The summed E-state index contributed by atoms with van der Waals surface area (Å²) >= 11 is 0. The molecule has 0 unspecified atom stereocenters. The van der Waals surface area contributed by atoms with Crippen LogP contribution in [0.25, 0.3) is 5.65 Å². The highest BCUT2D eigenvalue weighted by Gasteiger charge is 2.12. The van der Waals surface area contributed by atoms with E-state index in [4.69, 9.17) is 15.6 Å². The Morgan fingerprint density at radius 2 is 2.07 bits per heavy atom. The van der Waals surface area contributed by atoms with Gasteiger partial charge in [-0.3, -0.25) is 4.79 Å². The van der Waals surface area contributed by atoms with Crippen LogP contribution < -0.4 is 10.1 Å². The first-order chi connectivity index (χ1) is 13.1. The number of ether oxygens (including phenoxy) is 1. The summed E-state index contributed by atoms with van der Waals surface area (Å²) in [4.78, 5) is 16.7. The van der Waals surface area contributed by atoms with Gasteiger partial charge in [0.1, 0.15) is 17.1 Å². The Hall–Kier alpha value is -3.48. The van der Waals surface area contributed by atoms with Gasteiger partial charge >= 0.3 is 0 Å². The average Bonchev–Trinajstić information content (AvgIpc) is 3.13. The Balaban J connectivity index is 1.66. The van der Waals surface area contributed by atoms with Gasteiger partial charge in [-0.25, -0.2) is 4.98 Å². The van der Waals surface area contributed by atoms with E-state index < -0.39 is 0 Å². The standard InChI is InChI=1S/C20H21N5O2/c1-27-17-4-2-3-14(9-17)7-8-23-20(26)18-13-25-12-15(16(10-21)11-22)5-6-19(25)24-18/h2-6,9-13,16,21-22H,7-8H2,1H3,(H,23,26). The molecule has 1 aromatic carbocycles. The molecular formula is C20H21N5O2. The van der Waals surface area contributed by atoms with Gasteiger partial charge in [0.15, 0.2) is 0 Å². The summed E-state index contributed by atoms with van der Waals surface area (Å²) in [6.07, 6.45) is 6.55. The summed E-state index contributed by atoms with van der Waals surface area (Å²) in [6, 6.07) is 11.3. The number of carbonyl (C=O) groups excluding carboxylic acids is 1. The van der Waals surface area contributed by atoms with Crippen molar-refractivity contribution < 1.29 is 9.53 Å². The van der Waals surface area contributed by atoms with E-state index in [1.54, 1.807) is 30.0 Å². The van der Waals surface area contributed by atoms with Gasteiger partial charge in [-0.2, -0.15) is 0 Å². The number of rotatable bonds is 8. The summed E-state index contributed by atoms with van der Waals surface area (Å²) < 4.78 is 6.94. The van der Waals surface area contributed by atoms with Crippen molar-refractivity contribution in [3.63, 3.8) is 0 Å². The molecule has 3 N–H and O–H groups in total. The molecule has 0 radical (unpaired) electrons. The third kappa shape index (κ3) is 4.20. The first-order valence-electron chi connectivity index (χ1n) is 8.55. The topological polar surface area (TPSA) is 103 Å². The second-order valence-corrected chi connectivity index (χ2v) is 6.07. The lowest BCUT2D eigenvalue weighted by atomic mass is 10.0. The molecule has 2 heterocycles. The van der Waals surface area contributed by atoms with Crippen LogP contribution in [0.15, 0.2) is 48.8 Å². The fraction of sp³-hybridized carbons (Fsp3) is 0.200. The minimum absolute atomic E-state index is 0.237. The lowest BCUT2D eigenvalue weighted by molar-refractivity contribution is 0.0950. The second kappa shape index (κ2) is 8.27. The predicted molar refractivity (Wildman–Crippen MR) is 105 cm³/mol. The number of amides is 1. The third-order valence-corrected chi connectivity index (χ3v) is 4.28. The smallest absolute Gasteiger partial charge is 0.271 e. The van der Waals surface area contributed by atoms with E-state index in [9.17, 15) is 4.79 Å². The minimum atomic E-state index is -0.378. The van der Waals surface area contributed by atoms with E-state index in [2.05, 4.69) is 10.3 Å². The molecule has 3 rings (SSSR count). The first kappa shape index (κ1) is 18.3. The van der Waals surface area contributed by atoms with E-state index >= 15 is 0 Å². The largest absolute Gasteiger partial charge is 0.497 e. The number of hydrogen-bond donors (Lipinski definition) is 3. The summed E-state index contributed by atoms with van der Waals surface area (Å²) in [7, 11) is 1.63. The Labute approximate surface area is 157 Å². The normalized spacial score (nSPS) is 11.7. The highest BCUT2D eigenvalue weighted by Crippen LogP contribution is 2.15. The van der Waals surface area contributed by atoms with E-state index in [0.29, 0.717) is 24.3 Å². The number of hydrogen-bond acceptors (Lipinski definition) is 5. The van der Waals surface area contributed by atoms with Gasteiger partial charge in [0.2, 0.25) is 0 Å². The van der Waals surface area contributed by atoms with Crippen LogP contribution in [0.4, 0.5) is 0 Å². The van der Waals surface area contributed by atoms with Crippen LogP contribution in [0.1, 0.15) is 27.5 Å². The Morgan fingerprint density at radius 1 is 1.26 bits per heavy atom. The molecule has 3 aromatic rings. The van der Waals surface area contributed by atoms with Gasteiger partial charge < -0.3 is 25.3 Å². The number of pyridine rings is 1. The zero-order chi connectivity index (χ0) is 19.2. The molecule has 0 aliphatic heterocycles. The highest BCUT2D eigenvalue weighted by atomic mass is 16.5. The van der Waals surface area contributed by atoms with E-state index in [0.717, 1.165) is 16.9 Å². The maximum absolute atomic E-state index is 12.4. The zero-order valence-corrected chi connectivity index (χ0v) is 15.0. The molecule has 0 saturated carbocycles. The molecular weight excluding hydrogens is 342 g/mol. The lowest BCUT2D eigenvalue weighted by Gasteiger charge is -2.05. The number of benzene rings is 1. The summed E-state index contributed by atoms with van der Waals surface area (Å²) in [5.41, 5.74) is 2.86. The van der Waals surface area contributed by atoms with Gasteiger partial charge in [0.05, 0.1) is 13.0 Å². The van der Waals surface area contributed by atoms with Gasteiger partial charge in [-0.1, -0.05) is 18.2 Å². The van der Waals surface area contributed by atoms with Gasteiger partial charge in [0, 0.05) is 31.4 Å². The third-order valence-electron chi connectivity index (χ3n) is 4.28. The molecule has 2 aromatic heterocycles. The first-order valence-corrected chi connectivity index (χ1v) is 8.55. The van der Waals surface area contributed by atoms with Crippen molar-refractivity contribution in [2.24, 2.45) is 0 Å². The SMILES string of the molecule is COc1cccc(CCNC(=O)c2cn3cc(C(C=N)C=N)ccc3n2)c1. The minimum Gasteiger partial charge on any atom is -0.497 e. The van der Waals surface area contributed by atoms with Crippen LogP contribution in [0.2, 0.25) is 0 Å². The second-order valence-electron chi connectivity index (χ2n) is 6.07. The van der Waals surface area contributed by atoms with Crippen molar-refractivity contribution in [2.45, 2.75) is 12.3 Å². The van der Waals surface area contributed by atoms with Crippen LogP contribution >= 0.6 is 0 Å². The quantitative estimate of drug-likeness (QED) is 0.536. The van der Waals surface area contributed by atoms with Crippen molar-refractivity contribution in [3.8, 4) is 5.75 Å². The highest BCUT2D eigenvalue weighted by molar-refractivity contribution is 5.93. The molecule has 0 aliphatic carbocycles. The van der Waals surface area contributed by atoms with Crippen LogP contribution in [0, 0.1) is 10.8 Å². The van der Waals surface area contributed by atoms with Crippen LogP contribution in [-0.2, 0) is 6.42 Å². The van der Waals surface area contributed by atoms with Gasteiger partial charge in [-0.15, -0.1) is 0 Å². The molecule has 0 saturated heterocycles. The summed E-state index contributed by atoms with van der Waals surface area (Å²) in [6.45, 7) is 0.495. The molecule has 0 aliphatic rings. The van der Waals surface area contributed by atoms with Crippen molar-refractivity contribution in [1.82, 2.24) is 14.7 Å². The van der Waals surface area contributed by atoms with Crippen LogP contribution in [-0.4, -0.2) is 41.4 Å². The molecule has 0 bridgehead atoms.